The van der Waals surface area contributed by atoms with E-state index in [2.05, 4.69) is 13.8 Å². The molecule has 0 fully saturated rings. The molecule has 0 amide bonds. The summed E-state index contributed by atoms with van der Waals surface area (Å²) < 4.78 is 16.9. The minimum absolute atomic E-state index is 0.693. The Morgan fingerprint density at radius 2 is 0.500 bits per heavy atom. The Labute approximate surface area is 190 Å². The minimum atomic E-state index is 0.693. The van der Waals surface area contributed by atoms with Gasteiger partial charge in [-0.1, -0.05) is 123 Å². The van der Waals surface area contributed by atoms with E-state index in [-0.39, 0.29) is 0 Å². The molecular weight excluding hydrogens is 372 g/mol. The fourth-order valence-corrected chi connectivity index (χ4v) is 3.75. The highest BCUT2D eigenvalue weighted by molar-refractivity contribution is 4.48. The first-order valence-corrected chi connectivity index (χ1v) is 13.6. The quantitative estimate of drug-likeness (QED) is 0.123. The van der Waals surface area contributed by atoms with E-state index in [9.17, 15) is 0 Å². The van der Waals surface area contributed by atoms with Gasteiger partial charge in [0.25, 0.3) is 0 Å². The van der Waals surface area contributed by atoms with E-state index in [0.717, 1.165) is 26.4 Å². The number of rotatable bonds is 27. The molecule has 0 atom stereocenters. The van der Waals surface area contributed by atoms with Gasteiger partial charge < -0.3 is 14.2 Å². The SMILES string of the molecule is CCCCCCCCCCCCCOCCOCCOCCCCCCCCCC. The van der Waals surface area contributed by atoms with Gasteiger partial charge >= 0.3 is 0 Å². The highest BCUT2D eigenvalue weighted by atomic mass is 16.5. The average molecular weight is 429 g/mol. The molecule has 3 nitrogen and oxygen atoms in total. The summed E-state index contributed by atoms with van der Waals surface area (Å²) in [7, 11) is 0. The van der Waals surface area contributed by atoms with Crippen molar-refractivity contribution in [3.63, 3.8) is 0 Å². The molecule has 0 heterocycles. The second kappa shape index (κ2) is 28.9. The van der Waals surface area contributed by atoms with Gasteiger partial charge in [-0.15, -0.1) is 0 Å². The maximum atomic E-state index is 5.66. The van der Waals surface area contributed by atoms with Crippen LogP contribution in [-0.4, -0.2) is 39.6 Å². The van der Waals surface area contributed by atoms with E-state index in [1.54, 1.807) is 0 Å². The van der Waals surface area contributed by atoms with Crippen LogP contribution in [-0.2, 0) is 14.2 Å². The van der Waals surface area contributed by atoms with Crippen LogP contribution in [0.25, 0.3) is 0 Å². The molecule has 0 spiro atoms. The molecule has 0 aromatic carbocycles. The van der Waals surface area contributed by atoms with Crippen molar-refractivity contribution in [3.8, 4) is 0 Å². The van der Waals surface area contributed by atoms with Crippen molar-refractivity contribution in [1.82, 2.24) is 0 Å². The predicted octanol–water partition coefficient (Wildman–Crippen LogP) is 8.49. The third-order valence-corrected chi connectivity index (χ3v) is 5.78. The molecule has 0 rings (SSSR count). The molecule has 0 saturated carbocycles. The first-order valence-electron chi connectivity index (χ1n) is 13.6. The molecule has 0 aliphatic rings. The molecule has 0 aromatic rings. The highest BCUT2D eigenvalue weighted by Crippen LogP contribution is 2.11. The molecule has 0 radical (unpaired) electrons. The fraction of sp³-hybridized carbons (Fsp3) is 1.00. The van der Waals surface area contributed by atoms with Gasteiger partial charge in [0, 0.05) is 13.2 Å². The standard InChI is InChI=1S/C27H56O3/c1-3-5-7-9-11-13-14-15-17-19-21-23-29-25-27-30-26-24-28-22-20-18-16-12-10-8-6-4-2/h3-27H2,1-2H3. The van der Waals surface area contributed by atoms with E-state index in [4.69, 9.17) is 14.2 Å². The third-order valence-electron chi connectivity index (χ3n) is 5.78. The molecule has 0 aliphatic carbocycles. The predicted molar refractivity (Wildman–Crippen MR) is 132 cm³/mol. The Kier molecular flexibility index (Phi) is 28.8. The lowest BCUT2D eigenvalue weighted by atomic mass is 10.1. The van der Waals surface area contributed by atoms with E-state index in [0.29, 0.717) is 13.2 Å². The zero-order chi connectivity index (χ0) is 21.8. The molecule has 182 valence electrons. The highest BCUT2D eigenvalue weighted by Gasteiger charge is 1.95. The Balaban J connectivity index is 2.97. The summed E-state index contributed by atoms with van der Waals surface area (Å²) in [6, 6.07) is 0. The lowest BCUT2D eigenvalue weighted by molar-refractivity contribution is 0.0132. The molecular formula is C27H56O3. The summed E-state index contributed by atoms with van der Waals surface area (Å²) in [6.07, 6.45) is 26.0. The zero-order valence-corrected chi connectivity index (χ0v) is 20.9. The first kappa shape index (κ1) is 29.9. The van der Waals surface area contributed by atoms with Gasteiger partial charge in [0.2, 0.25) is 0 Å². The Morgan fingerprint density at radius 1 is 0.267 bits per heavy atom. The summed E-state index contributed by atoms with van der Waals surface area (Å²) in [6.45, 7) is 9.14. The van der Waals surface area contributed by atoms with Gasteiger partial charge in [0.05, 0.1) is 26.4 Å². The van der Waals surface area contributed by atoms with Crippen molar-refractivity contribution in [2.24, 2.45) is 0 Å². The topological polar surface area (TPSA) is 27.7 Å². The van der Waals surface area contributed by atoms with Crippen molar-refractivity contribution in [2.45, 2.75) is 136 Å². The monoisotopic (exact) mass is 428 g/mol. The summed E-state index contributed by atoms with van der Waals surface area (Å²) in [5.41, 5.74) is 0. The maximum Gasteiger partial charge on any atom is 0.0701 e. The van der Waals surface area contributed by atoms with Crippen LogP contribution in [0.1, 0.15) is 136 Å². The van der Waals surface area contributed by atoms with Crippen molar-refractivity contribution < 1.29 is 14.2 Å². The lowest BCUT2D eigenvalue weighted by Crippen LogP contribution is -2.10. The normalized spacial score (nSPS) is 11.4. The van der Waals surface area contributed by atoms with Crippen LogP contribution in [0.3, 0.4) is 0 Å². The number of hydrogen-bond donors (Lipinski definition) is 0. The Morgan fingerprint density at radius 3 is 0.800 bits per heavy atom. The van der Waals surface area contributed by atoms with Crippen LogP contribution in [0, 0.1) is 0 Å². The van der Waals surface area contributed by atoms with Gasteiger partial charge in [-0.3, -0.25) is 0 Å². The second-order valence-electron chi connectivity index (χ2n) is 8.85. The van der Waals surface area contributed by atoms with Crippen molar-refractivity contribution in [1.29, 1.82) is 0 Å². The zero-order valence-electron chi connectivity index (χ0n) is 20.9. The van der Waals surface area contributed by atoms with Gasteiger partial charge in [-0.2, -0.15) is 0 Å². The largest absolute Gasteiger partial charge is 0.379 e. The van der Waals surface area contributed by atoms with Crippen molar-refractivity contribution in [2.75, 3.05) is 39.6 Å². The number of ether oxygens (including phenoxy) is 3. The summed E-state index contributed by atoms with van der Waals surface area (Å²) in [4.78, 5) is 0. The van der Waals surface area contributed by atoms with Gasteiger partial charge in [0.1, 0.15) is 0 Å². The molecule has 0 aromatic heterocycles. The molecule has 0 aliphatic heterocycles. The third kappa shape index (κ3) is 27.9. The fourth-order valence-electron chi connectivity index (χ4n) is 3.75. The van der Waals surface area contributed by atoms with E-state index in [1.165, 1.54) is 122 Å². The molecule has 0 unspecified atom stereocenters. The van der Waals surface area contributed by atoms with Crippen LogP contribution in [0.4, 0.5) is 0 Å². The minimum Gasteiger partial charge on any atom is -0.379 e. The van der Waals surface area contributed by atoms with Crippen molar-refractivity contribution >= 4 is 0 Å². The van der Waals surface area contributed by atoms with Crippen LogP contribution < -0.4 is 0 Å². The van der Waals surface area contributed by atoms with Gasteiger partial charge in [-0.05, 0) is 12.8 Å². The number of unbranched alkanes of at least 4 members (excludes halogenated alkanes) is 17. The lowest BCUT2D eigenvalue weighted by Gasteiger charge is -2.07. The molecule has 30 heavy (non-hydrogen) atoms. The Hall–Kier alpha value is -0.120. The van der Waals surface area contributed by atoms with Crippen LogP contribution in [0.15, 0.2) is 0 Å². The van der Waals surface area contributed by atoms with Crippen LogP contribution in [0.5, 0.6) is 0 Å². The van der Waals surface area contributed by atoms with Crippen molar-refractivity contribution in [3.05, 3.63) is 0 Å². The summed E-state index contributed by atoms with van der Waals surface area (Å²) in [5, 5.41) is 0. The van der Waals surface area contributed by atoms with E-state index < -0.39 is 0 Å². The molecule has 0 N–H and O–H groups in total. The first-order chi connectivity index (χ1) is 14.9. The van der Waals surface area contributed by atoms with Gasteiger partial charge in [-0.25, -0.2) is 0 Å². The Bertz CT molecular complexity index is 255. The maximum absolute atomic E-state index is 5.66. The van der Waals surface area contributed by atoms with E-state index in [1.807, 2.05) is 0 Å². The summed E-state index contributed by atoms with van der Waals surface area (Å²) >= 11 is 0. The second-order valence-corrected chi connectivity index (χ2v) is 8.85. The smallest absolute Gasteiger partial charge is 0.0701 e. The average Bonchev–Trinajstić information content (AvgIpc) is 2.76. The molecule has 0 saturated heterocycles. The number of hydrogen-bond acceptors (Lipinski definition) is 3. The summed E-state index contributed by atoms with van der Waals surface area (Å²) in [5.74, 6) is 0. The van der Waals surface area contributed by atoms with E-state index >= 15 is 0 Å². The van der Waals surface area contributed by atoms with Gasteiger partial charge in [0.15, 0.2) is 0 Å². The van der Waals surface area contributed by atoms with Crippen LogP contribution in [0.2, 0.25) is 0 Å². The van der Waals surface area contributed by atoms with Crippen LogP contribution >= 0.6 is 0 Å². The molecule has 0 bridgehead atoms. The molecule has 3 heteroatoms.